The molecule has 1 aliphatic carbocycles. The van der Waals surface area contributed by atoms with Gasteiger partial charge in [-0.3, -0.25) is 0 Å². The lowest BCUT2D eigenvalue weighted by Gasteiger charge is -2.45. The standard InChI is InChI=1S/C17H23N3O/c21-13-5-7-17(8-6-13)9-11-20(12-10-17)16-18-14-3-1-2-4-15(14)19-16/h1-4,13,21H,5-12H2,(H,18,19). The van der Waals surface area contributed by atoms with Crippen molar-refractivity contribution in [3.63, 3.8) is 0 Å². The van der Waals surface area contributed by atoms with Crippen molar-refractivity contribution in [2.24, 2.45) is 5.41 Å². The summed E-state index contributed by atoms with van der Waals surface area (Å²) < 4.78 is 0. The number of rotatable bonds is 1. The molecule has 1 aliphatic heterocycles. The first kappa shape index (κ1) is 13.1. The first-order chi connectivity index (χ1) is 10.2. The van der Waals surface area contributed by atoms with Gasteiger partial charge in [-0.2, -0.15) is 0 Å². The molecule has 1 saturated heterocycles. The van der Waals surface area contributed by atoms with Crippen LogP contribution in [-0.2, 0) is 0 Å². The Morgan fingerprint density at radius 3 is 2.52 bits per heavy atom. The Morgan fingerprint density at radius 2 is 1.81 bits per heavy atom. The first-order valence-electron chi connectivity index (χ1n) is 8.12. The van der Waals surface area contributed by atoms with E-state index in [0.29, 0.717) is 5.41 Å². The van der Waals surface area contributed by atoms with Gasteiger partial charge in [-0.1, -0.05) is 12.1 Å². The van der Waals surface area contributed by atoms with E-state index in [4.69, 9.17) is 4.98 Å². The van der Waals surface area contributed by atoms with Crippen molar-refractivity contribution < 1.29 is 5.11 Å². The molecule has 2 N–H and O–H groups in total. The van der Waals surface area contributed by atoms with Crippen LogP contribution >= 0.6 is 0 Å². The summed E-state index contributed by atoms with van der Waals surface area (Å²) in [4.78, 5) is 10.5. The largest absolute Gasteiger partial charge is 0.393 e. The normalized spacial score (nSPS) is 23.0. The molecule has 2 heterocycles. The molecule has 0 atom stereocenters. The molecule has 112 valence electrons. The van der Waals surface area contributed by atoms with Gasteiger partial charge in [-0.15, -0.1) is 0 Å². The third-order valence-corrected chi connectivity index (χ3v) is 5.52. The number of fused-ring (bicyclic) bond motifs is 1. The summed E-state index contributed by atoms with van der Waals surface area (Å²) in [7, 11) is 0. The number of para-hydroxylation sites is 2. The van der Waals surface area contributed by atoms with Crippen LogP contribution < -0.4 is 4.90 Å². The average Bonchev–Trinajstić information content (AvgIpc) is 2.95. The highest BCUT2D eigenvalue weighted by atomic mass is 16.3. The number of nitrogens with one attached hydrogen (secondary N) is 1. The lowest BCUT2D eigenvalue weighted by Crippen LogP contribution is -2.43. The molecule has 1 saturated carbocycles. The van der Waals surface area contributed by atoms with Crippen molar-refractivity contribution >= 4 is 17.0 Å². The van der Waals surface area contributed by atoms with E-state index >= 15 is 0 Å². The summed E-state index contributed by atoms with van der Waals surface area (Å²) >= 11 is 0. The Hall–Kier alpha value is -1.55. The average molecular weight is 285 g/mol. The number of aliphatic hydroxyl groups excluding tert-OH is 1. The Kier molecular flexibility index (Phi) is 3.14. The Morgan fingerprint density at radius 1 is 1.10 bits per heavy atom. The van der Waals surface area contributed by atoms with Crippen molar-refractivity contribution in [3.8, 4) is 0 Å². The topological polar surface area (TPSA) is 52.1 Å². The minimum atomic E-state index is -0.0518. The van der Waals surface area contributed by atoms with Gasteiger partial charge in [-0.05, 0) is 56.1 Å². The van der Waals surface area contributed by atoms with E-state index in [-0.39, 0.29) is 6.10 Å². The fraction of sp³-hybridized carbons (Fsp3) is 0.588. The van der Waals surface area contributed by atoms with Gasteiger partial charge in [0, 0.05) is 13.1 Å². The van der Waals surface area contributed by atoms with Gasteiger partial charge in [0.25, 0.3) is 0 Å². The second-order valence-corrected chi connectivity index (χ2v) is 6.80. The third-order valence-electron chi connectivity index (χ3n) is 5.52. The molecule has 1 aromatic heterocycles. The quantitative estimate of drug-likeness (QED) is 0.846. The summed E-state index contributed by atoms with van der Waals surface area (Å²) in [6, 6.07) is 8.22. The maximum absolute atomic E-state index is 9.71. The van der Waals surface area contributed by atoms with Crippen molar-refractivity contribution in [1.82, 2.24) is 9.97 Å². The van der Waals surface area contributed by atoms with Crippen LogP contribution in [0.2, 0.25) is 0 Å². The second kappa shape index (κ2) is 5.02. The molecule has 2 aromatic rings. The van der Waals surface area contributed by atoms with E-state index in [2.05, 4.69) is 22.0 Å². The number of hydrogen-bond donors (Lipinski definition) is 2. The highest BCUT2D eigenvalue weighted by Crippen LogP contribution is 2.45. The molecule has 4 rings (SSSR count). The van der Waals surface area contributed by atoms with E-state index < -0.39 is 0 Å². The fourth-order valence-electron chi connectivity index (χ4n) is 4.00. The van der Waals surface area contributed by atoms with E-state index in [1.54, 1.807) is 0 Å². The number of nitrogens with zero attached hydrogens (tertiary/aromatic N) is 2. The van der Waals surface area contributed by atoms with Gasteiger partial charge < -0.3 is 15.0 Å². The highest BCUT2D eigenvalue weighted by Gasteiger charge is 2.38. The summed E-state index contributed by atoms with van der Waals surface area (Å²) in [6.07, 6.45) is 6.79. The predicted molar refractivity (Wildman–Crippen MR) is 84.4 cm³/mol. The van der Waals surface area contributed by atoms with Gasteiger partial charge in [0.1, 0.15) is 0 Å². The molecule has 0 amide bonds. The molecule has 0 radical (unpaired) electrons. The van der Waals surface area contributed by atoms with Crippen LogP contribution in [0.5, 0.6) is 0 Å². The molecule has 0 unspecified atom stereocenters. The van der Waals surface area contributed by atoms with Crippen molar-refractivity contribution in [2.75, 3.05) is 18.0 Å². The number of aromatic amines is 1. The zero-order valence-corrected chi connectivity index (χ0v) is 12.4. The molecular formula is C17H23N3O. The van der Waals surface area contributed by atoms with E-state index in [1.807, 2.05) is 12.1 Å². The minimum Gasteiger partial charge on any atom is -0.393 e. The number of piperidine rings is 1. The molecule has 1 spiro atoms. The first-order valence-corrected chi connectivity index (χ1v) is 8.12. The van der Waals surface area contributed by atoms with E-state index in [1.165, 1.54) is 25.7 Å². The second-order valence-electron chi connectivity index (χ2n) is 6.80. The van der Waals surface area contributed by atoms with Gasteiger partial charge in [-0.25, -0.2) is 4.98 Å². The van der Waals surface area contributed by atoms with Crippen LogP contribution in [-0.4, -0.2) is 34.3 Å². The molecule has 1 aromatic carbocycles. The van der Waals surface area contributed by atoms with Gasteiger partial charge in [0.15, 0.2) is 0 Å². The smallest absolute Gasteiger partial charge is 0.203 e. The predicted octanol–water partition coefficient (Wildman–Crippen LogP) is 3.08. The fourth-order valence-corrected chi connectivity index (χ4v) is 4.00. The summed E-state index contributed by atoms with van der Waals surface area (Å²) in [6.45, 7) is 2.16. The van der Waals surface area contributed by atoms with Crippen molar-refractivity contribution in [1.29, 1.82) is 0 Å². The highest BCUT2D eigenvalue weighted by molar-refractivity contribution is 5.77. The Bertz CT molecular complexity index is 585. The number of hydrogen-bond acceptors (Lipinski definition) is 3. The van der Waals surface area contributed by atoms with Gasteiger partial charge >= 0.3 is 0 Å². The SMILES string of the molecule is OC1CCC2(CC1)CCN(c1nc3ccccc3[nH]1)CC2. The minimum absolute atomic E-state index is 0.0518. The lowest BCUT2D eigenvalue weighted by atomic mass is 9.67. The summed E-state index contributed by atoms with van der Waals surface area (Å²) in [5, 5.41) is 9.71. The zero-order valence-electron chi connectivity index (χ0n) is 12.4. The van der Waals surface area contributed by atoms with Gasteiger partial charge in [0.05, 0.1) is 17.1 Å². The molecule has 4 nitrogen and oxygen atoms in total. The molecule has 2 fully saturated rings. The van der Waals surface area contributed by atoms with E-state index in [0.717, 1.165) is 42.9 Å². The van der Waals surface area contributed by atoms with Crippen LogP contribution in [0.1, 0.15) is 38.5 Å². The number of aliphatic hydroxyl groups is 1. The third kappa shape index (κ3) is 2.42. The Labute approximate surface area is 125 Å². The number of aromatic nitrogens is 2. The van der Waals surface area contributed by atoms with Crippen LogP contribution in [0.4, 0.5) is 5.95 Å². The molecular weight excluding hydrogens is 262 g/mol. The van der Waals surface area contributed by atoms with Gasteiger partial charge in [0.2, 0.25) is 5.95 Å². The molecule has 21 heavy (non-hydrogen) atoms. The summed E-state index contributed by atoms with van der Waals surface area (Å²) in [5.41, 5.74) is 2.66. The summed E-state index contributed by atoms with van der Waals surface area (Å²) in [5.74, 6) is 1.02. The maximum atomic E-state index is 9.71. The van der Waals surface area contributed by atoms with Crippen LogP contribution in [0.3, 0.4) is 0 Å². The van der Waals surface area contributed by atoms with Crippen molar-refractivity contribution in [2.45, 2.75) is 44.6 Å². The van der Waals surface area contributed by atoms with Crippen molar-refractivity contribution in [3.05, 3.63) is 24.3 Å². The number of anilines is 1. The number of H-pyrrole nitrogens is 1. The number of imidazole rings is 1. The zero-order chi connectivity index (χ0) is 14.3. The van der Waals surface area contributed by atoms with Crippen LogP contribution in [0, 0.1) is 5.41 Å². The van der Waals surface area contributed by atoms with Crippen LogP contribution in [0.25, 0.3) is 11.0 Å². The maximum Gasteiger partial charge on any atom is 0.203 e. The Balaban J connectivity index is 1.47. The molecule has 2 aliphatic rings. The number of benzene rings is 1. The van der Waals surface area contributed by atoms with Crippen LogP contribution in [0.15, 0.2) is 24.3 Å². The lowest BCUT2D eigenvalue weighted by molar-refractivity contribution is 0.0477. The molecule has 4 heteroatoms. The van der Waals surface area contributed by atoms with E-state index in [9.17, 15) is 5.11 Å². The monoisotopic (exact) mass is 285 g/mol. The molecule has 0 bridgehead atoms.